The normalized spacial score (nSPS) is 7.17. The van der Waals surface area contributed by atoms with Crippen LogP contribution in [-0.4, -0.2) is 0 Å². The fraction of sp³-hybridized carbons (Fsp3) is 0.500. The van der Waals surface area contributed by atoms with E-state index in [1.807, 2.05) is 27.7 Å². The van der Waals surface area contributed by atoms with E-state index in [4.69, 9.17) is 0 Å². The van der Waals surface area contributed by atoms with E-state index in [1.165, 1.54) is 11.1 Å². The third-order valence-corrected chi connectivity index (χ3v) is 1.17. The zero-order valence-electron chi connectivity index (χ0n) is 9.31. The molecule has 0 aliphatic heterocycles. The molecule has 0 saturated heterocycles. The summed E-state index contributed by atoms with van der Waals surface area (Å²) in [6, 6.07) is 8.45. The molecule has 70 valence electrons. The molecule has 0 aromatic heterocycles. The largest absolute Gasteiger partial charge is 0.0683 e. The second-order valence-electron chi connectivity index (χ2n) is 2.16. The average molecular weight is 166 g/mol. The van der Waals surface area contributed by atoms with Gasteiger partial charge in [-0.2, -0.15) is 0 Å². The van der Waals surface area contributed by atoms with Gasteiger partial charge in [0, 0.05) is 0 Å². The van der Waals surface area contributed by atoms with Crippen molar-refractivity contribution >= 4 is 0 Å². The second-order valence-corrected chi connectivity index (χ2v) is 2.16. The van der Waals surface area contributed by atoms with Gasteiger partial charge in [0.2, 0.25) is 0 Å². The van der Waals surface area contributed by atoms with E-state index in [-0.39, 0.29) is 0 Å². The third-order valence-electron chi connectivity index (χ3n) is 1.17. The van der Waals surface area contributed by atoms with Crippen LogP contribution in [0.25, 0.3) is 0 Å². The van der Waals surface area contributed by atoms with Gasteiger partial charge in [-0.25, -0.2) is 0 Å². The van der Waals surface area contributed by atoms with Gasteiger partial charge in [0.25, 0.3) is 0 Å². The molecule has 0 nitrogen and oxygen atoms in total. The van der Waals surface area contributed by atoms with Crippen LogP contribution >= 0.6 is 0 Å². The second kappa shape index (κ2) is 10.2. The Balaban J connectivity index is 0. The van der Waals surface area contributed by atoms with Gasteiger partial charge in [0.15, 0.2) is 0 Å². The van der Waals surface area contributed by atoms with Gasteiger partial charge >= 0.3 is 0 Å². The van der Waals surface area contributed by atoms with Crippen LogP contribution in [0.3, 0.4) is 0 Å². The van der Waals surface area contributed by atoms with Crippen molar-refractivity contribution in [3.05, 3.63) is 35.4 Å². The third kappa shape index (κ3) is 7.33. The van der Waals surface area contributed by atoms with Gasteiger partial charge < -0.3 is 0 Å². The van der Waals surface area contributed by atoms with Crippen LogP contribution in [0.1, 0.15) is 38.8 Å². The van der Waals surface area contributed by atoms with Crippen LogP contribution < -0.4 is 0 Å². The van der Waals surface area contributed by atoms with E-state index in [9.17, 15) is 0 Å². The maximum Gasteiger partial charge on any atom is -0.0398 e. The molecule has 0 radical (unpaired) electrons. The summed E-state index contributed by atoms with van der Waals surface area (Å²) in [5.74, 6) is 0. The highest BCUT2D eigenvalue weighted by Crippen LogP contribution is 2.00. The van der Waals surface area contributed by atoms with Crippen molar-refractivity contribution in [2.45, 2.75) is 41.5 Å². The average Bonchev–Trinajstić information content (AvgIpc) is 2.11. The van der Waals surface area contributed by atoms with Crippen LogP contribution in [0.15, 0.2) is 24.3 Å². The number of rotatable bonds is 0. The van der Waals surface area contributed by atoms with Crippen LogP contribution in [0.4, 0.5) is 0 Å². The molecule has 0 amide bonds. The molecule has 0 heteroatoms. The van der Waals surface area contributed by atoms with Crippen molar-refractivity contribution in [3.63, 3.8) is 0 Å². The minimum Gasteiger partial charge on any atom is -0.0683 e. The minimum atomic E-state index is 1.34. The Morgan fingerprint density at radius 3 is 1.25 bits per heavy atom. The summed E-state index contributed by atoms with van der Waals surface area (Å²) in [5.41, 5.74) is 2.68. The maximum atomic E-state index is 2.17. The van der Waals surface area contributed by atoms with Crippen molar-refractivity contribution in [3.8, 4) is 0 Å². The zero-order valence-corrected chi connectivity index (χ0v) is 9.31. The van der Waals surface area contributed by atoms with Crippen molar-refractivity contribution < 1.29 is 0 Å². The molecule has 0 bridgehead atoms. The molecule has 1 rings (SSSR count). The maximum absolute atomic E-state index is 2.17. The highest BCUT2D eigenvalue weighted by molar-refractivity contribution is 5.20. The SMILES string of the molecule is CC.CC.Cc1cccc(C)c1. The lowest BCUT2D eigenvalue weighted by molar-refractivity contribution is 1.39. The number of benzene rings is 1. The van der Waals surface area contributed by atoms with Gasteiger partial charge in [-0.05, 0) is 13.8 Å². The van der Waals surface area contributed by atoms with Gasteiger partial charge in [0.05, 0.1) is 0 Å². The first-order valence-corrected chi connectivity index (χ1v) is 4.82. The lowest BCUT2D eigenvalue weighted by Gasteiger charge is -1.90. The highest BCUT2D eigenvalue weighted by Gasteiger charge is 1.80. The number of hydrogen-bond donors (Lipinski definition) is 0. The molecule has 0 heterocycles. The van der Waals surface area contributed by atoms with Gasteiger partial charge in [-0.1, -0.05) is 63.1 Å². The summed E-state index contributed by atoms with van der Waals surface area (Å²) in [4.78, 5) is 0. The lowest BCUT2D eigenvalue weighted by Crippen LogP contribution is -1.71. The van der Waals surface area contributed by atoms with Crippen molar-refractivity contribution in [2.75, 3.05) is 0 Å². The molecule has 0 N–H and O–H groups in total. The van der Waals surface area contributed by atoms with Gasteiger partial charge in [-0.3, -0.25) is 0 Å². The summed E-state index contributed by atoms with van der Waals surface area (Å²) in [5, 5.41) is 0. The monoisotopic (exact) mass is 166 g/mol. The van der Waals surface area contributed by atoms with E-state index < -0.39 is 0 Å². The number of hydrogen-bond acceptors (Lipinski definition) is 0. The van der Waals surface area contributed by atoms with Gasteiger partial charge in [0.1, 0.15) is 0 Å². The molecule has 0 aliphatic rings. The quantitative estimate of drug-likeness (QED) is 0.537. The molecule has 1 aromatic rings. The Morgan fingerprint density at radius 2 is 1.08 bits per heavy atom. The molecular weight excluding hydrogens is 144 g/mol. The molecule has 0 aliphatic carbocycles. The summed E-state index contributed by atoms with van der Waals surface area (Å²) in [6.07, 6.45) is 0. The van der Waals surface area contributed by atoms with Crippen LogP contribution in [0.2, 0.25) is 0 Å². The minimum absolute atomic E-state index is 1.34. The standard InChI is InChI=1S/C8H10.2C2H6/c1-7-4-3-5-8(2)6-7;2*1-2/h3-6H,1-2H3;2*1-2H3. The fourth-order valence-electron chi connectivity index (χ4n) is 0.807. The molecule has 12 heavy (non-hydrogen) atoms. The summed E-state index contributed by atoms with van der Waals surface area (Å²) in [7, 11) is 0. The van der Waals surface area contributed by atoms with Gasteiger partial charge in [-0.15, -0.1) is 0 Å². The Bertz CT molecular complexity index is 160. The summed E-state index contributed by atoms with van der Waals surface area (Å²) < 4.78 is 0. The first kappa shape index (κ1) is 13.8. The Hall–Kier alpha value is -0.780. The first-order valence-electron chi connectivity index (χ1n) is 4.82. The first-order chi connectivity index (χ1) is 5.79. The fourth-order valence-corrected chi connectivity index (χ4v) is 0.807. The summed E-state index contributed by atoms with van der Waals surface area (Å²) >= 11 is 0. The van der Waals surface area contributed by atoms with Crippen LogP contribution in [0.5, 0.6) is 0 Å². The number of aryl methyl sites for hydroxylation is 2. The summed E-state index contributed by atoms with van der Waals surface area (Å²) in [6.45, 7) is 12.2. The molecule has 0 unspecified atom stereocenters. The lowest BCUT2D eigenvalue weighted by atomic mass is 10.2. The predicted octanol–water partition coefficient (Wildman–Crippen LogP) is 4.36. The Morgan fingerprint density at radius 1 is 0.750 bits per heavy atom. The molecular formula is C12H22. The molecule has 0 atom stereocenters. The highest BCUT2D eigenvalue weighted by atomic mass is 13.9. The Kier molecular flexibility index (Phi) is 11.7. The van der Waals surface area contributed by atoms with E-state index in [2.05, 4.69) is 38.1 Å². The molecule has 0 spiro atoms. The van der Waals surface area contributed by atoms with Crippen LogP contribution in [0, 0.1) is 13.8 Å². The van der Waals surface area contributed by atoms with E-state index in [0.717, 1.165) is 0 Å². The van der Waals surface area contributed by atoms with Crippen molar-refractivity contribution in [2.24, 2.45) is 0 Å². The predicted molar refractivity (Wildman–Crippen MR) is 58.6 cm³/mol. The van der Waals surface area contributed by atoms with Crippen molar-refractivity contribution in [1.29, 1.82) is 0 Å². The Labute approximate surface area is 77.6 Å². The molecule has 0 saturated carbocycles. The molecule has 0 fully saturated rings. The van der Waals surface area contributed by atoms with Crippen molar-refractivity contribution in [1.82, 2.24) is 0 Å². The smallest absolute Gasteiger partial charge is 0.0398 e. The van der Waals surface area contributed by atoms with E-state index in [0.29, 0.717) is 0 Å². The van der Waals surface area contributed by atoms with E-state index in [1.54, 1.807) is 0 Å². The topological polar surface area (TPSA) is 0 Å². The van der Waals surface area contributed by atoms with Crippen LogP contribution in [-0.2, 0) is 0 Å². The zero-order chi connectivity index (χ0) is 9.98. The van der Waals surface area contributed by atoms with E-state index >= 15 is 0 Å². The molecule has 1 aromatic carbocycles.